The van der Waals surface area contributed by atoms with E-state index in [4.69, 9.17) is 10.5 Å². The van der Waals surface area contributed by atoms with Crippen LogP contribution in [0.1, 0.15) is 43.0 Å². The Bertz CT molecular complexity index is 702. The van der Waals surface area contributed by atoms with Crippen molar-refractivity contribution in [1.29, 1.82) is 0 Å². The van der Waals surface area contributed by atoms with E-state index in [9.17, 15) is 4.39 Å². The van der Waals surface area contributed by atoms with Gasteiger partial charge in [0.1, 0.15) is 17.4 Å². The molecule has 0 aliphatic carbocycles. The number of hydrogen-bond acceptors (Lipinski definition) is 5. The van der Waals surface area contributed by atoms with Gasteiger partial charge in [0.05, 0.1) is 13.2 Å². The topological polar surface area (TPSA) is 64.3 Å². The summed E-state index contributed by atoms with van der Waals surface area (Å²) in [4.78, 5) is 10.8. The van der Waals surface area contributed by atoms with Crippen molar-refractivity contribution < 1.29 is 9.13 Å². The van der Waals surface area contributed by atoms with Crippen molar-refractivity contribution in [1.82, 2.24) is 9.97 Å². The molecule has 1 atom stereocenters. The van der Waals surface area contributed by atoms with Crippen LogP contribution in [0.15, 0.2) is 24.3 Å². The number of nitrogens with two attached hydrogens (primary N) is 1. The Morgan fingerprint density at radius 3 is 2.79 bits per heavy atom. The van der Waals surface area contributed by atoms with E-state index in [1.165, 1.54) is 6.07 Å². The van der Waals surface area contributed by atoms with Crippen molar-refractivity contribution >= 4 is 11.8 Å². The molecular formula is C18H23FN4O. The van der Waals surface area contributed by atoms with Crippen LogP contribution < -0.4 is 15.4 Å². The van der Waals surface area contributed by atoms with Crippen LogP contribution in [-0.2, 0) is 0 Å². The van der Waals surface area contributed by atoms with Gasteiger partial charge in [-0.25, -0.2) is 9.37 Å². The van der Waals surface area contributed by atoms with Gasteiger partial charge in [-0.05, 0) is 38.0 Å². The zero-order valence-electron chi connectivity index (χ0n) is 14.1. The van der Waals surface area contributed by atoms with Crippen LogP contribution in [0.4, 0.5) is 16.2 Å². The summed E-state index contributed by atoms with van der Waals surface area (Å²) in [6.45, 7) is 2.75. The van der Waals surface area contributed by atoms with Crippen molar-refractivity contribution in [3.63, 3.8) is 0 Å². The number of aryl methyl sites for hydroxylation is 1. The third kappa shape index (κ3) is 3.42. The monoisotopic (exact) mass is 330 g/mol. The van der Waals surface area contributed by atoms with E-state index >= 15 is 0 Å². The van der Waals surface area contributed by atoms with Crippen LogP contribution >= 0.6 is 0 Å². The van der Waals surface area contributed by atoms with Crippen LogP contribution in [0.5, 0.6) is 5.75 Å². The largest absolute Gasteiger partial charge is 0.496 e. The van der Waals surface area contributed by atoms with Gasteiger partial charge < -0.3 is 15.4 Å². The first-order chi connectivity index (χ1) is 11.6. The van der Waals surface area contributed by atoms with Gasteiger partial charge in [-0.1, -0.05) is 12.8 Å². The molecule has 1 saturated heterocycles. The average molecular weight is 330 g/mol. The molecule has 2 N–H and O–H groups in total. The molecule has 1 aromatic heterocycles. The van der Waals surface area contributed by atoms with Crippen molar-refractivity contribution in [2.75, 3.05) is 24.3 Å². The smallest absolute Gasteiger partial charge is 0.222 e. The lowest BCUT2D eigenvalue weighted by Gasteiger charge is -2.32. The lowest BCUT2D eigenvalue weighted by Crippen LogP contribution is -2.30. The summed E-state index contributed by atoms with van der Waals surface area (Å²) in [5.74, 6) is 1.50. The predicted octanol–water partition coefficient (Wildman–Crippen LogP) is 3.64. The van der Waals surface area contributed by atoms with Crippen molar-refractivity contribution in [3.8, 4) is 5.75 Å². The van der Waals surface area contributed by atoms with Crippen LogP contribution in [-0.4, -0.2) is 23.6 Å². The minimum Gasteiger partial charge on any atom is -0.496 e. The Hall–Kier alpha value is -2.37. The minimum absolute atomic E-state index is 0.00634. The number of nitrogens with zero attached hydrogens (tertiary/aromatic N) is 3. The van der Waals surface area contributed by atoms with E-state index in [2.05, 4.69) is 14.9 Å². The fourth-order valence-electron chi connectivity index (χ4n) is 3.39. The van der Waals surface area contributed by atoms with Gasteiger partial charge in [0.15, 0.2) is 0 Å². The second-order valence-corrected chi connectivity index (χ2v) is 6.17. The maximum absolute atomic E-state index is 13.9. The molecule has 0 radical (unpaired) electrons. The zero-order valence-corrected chi connectivity index (χ0v) is 14.1. The average Bonchev–Trinajstić information content (AvgIpc) is 2.79. The maximum Gasteiger partial charge on any atom is 0.222 e. The Labute approximate surface area is 141 Å². The predicted molar refractivity (Wildman–Crippen MR) is 92.7 cm³/mol. The first kappa shape index (κ1) is 16.5. The number of aromatic nitrogens is 2. The molecule has 1 aromatic carbocycles. The van der Waals surface area contributed by atoms with Crippen molar-refractivity contribution in [3.05, 3.63) is 41.3 Å². The summed E-state index contributed by atoms with van der Waals surface area (Å²) in [5.41, 5.74) is 7.52. The number of halogens is 1. The highest BCUT2D eigenvalue weighted by Crippen LogP contribution is 2.38. The van der Waals surface area contributed by atoms with Crippen LogP contribution in [0.2, 0.25) is 0 Å². The van der Waals surface area contributed by atoms with Gasteiger partial charge in [-0.3, -0.25) is 0 Å². The van der Waals surface area contributed by atoms with Gasteiger partial charge in [-0.2, -0.15) is 4.98 Å². The van der Waals surface area contributed by atoms with Gasteiger partial charge >= 0.3 is 0 Å². The Morgan fingerprint density at radius 2 is 2.04 bits per heavy atom. The molecule has 0 spiro atoms. The van der Waals surface area contributed by atoms with Gasteiger partial charge in [0.25, 0.3) is 0 Å². The summed E-state index contributed by atoms with van der Waals surface area (Å²) in [5, 5.41) is 0. The van der Waals surface area contributed by atoms with Gasteiger partial charge in [-0.15, -0.1) is 0 Å². The molecule has 0 unspecified atom stereocenters. The number of nitrogen functional groups attached to an aromatic ring is 1. The molecule has 2 aromatic rings. The standard InChI is InChI=1S/C18H23FN4O/c1-12-10-17(22-18(20)21-12)23-9-5-3-4-6-15(23)14-11-13(19)7-8-16(14)24-2/h7-8,10-11,15H,3-6,9H2,1-2H3,(H2,20,21,22)/t15-/m0/s1. The molecule has 1 aliphatic heterocycles. The molecule has 5 nitrogen and oxygen atoms in total. The molecule has 24 heavy (non-hydrogen) atoms. The fourth-order valence-corrected chi connectivity index (χ4v) is 3.39. The summed E-state index contributed by atoms with van der Waals surface area (Å²) in [6, 6.07) is 6.62. The lowest BCUT2D eigenvalue weighted by molar-refractivity contribution is 0.401. The van der Waals surface area contributed by atoms with E-state index in [0.717, 1.165) is 49.3 Å². The fraction of sp³-hybridized carbons (Fsp3) is 0.444. The normalized spacial score (nSPS) is 18.3. The summed E-state index contributed by atoms with van der Waals surface area (Å²) < 4.78 is 19.4. The van der Waals surface area contributed by atoms with E-state index in [1.54, 1.807) is 19.2 Å². The van der Waals surface area contributed by atoms with Crippen LogP contribution in [0, 0.1) is 12.7 Å². The third-order valence-electron chi connectivity index (χ3n) is 4.46. The Morgan fingerprint density at radius 1 is 1.21 bits per heavy atom. The zero-order chi connectivity index (χ0) is 17.1. The van der Waals surface area contributed by atoms with E-state index in [-0.39, 0.29) is 17.8 Å². The Balaban J connectivity index is 2.06. The second-order valence-electron chi connectivity index (χ2n) is 6.17. The minimum atomic E-state index is -0.256. The van der Waals surface area contributed by atoms with Gasteiger partial charge in [0, 0.05) is 23.9 Å². The molecule has 2 heterocycles. The molecular weight excluding hydrogens is 307 g/mol. The lowest BCUT2D eigenvalue weighted by atomic mass is 9.99. The van der Waals surface area contributed by atoms with Crippen LogP contribution in [0.3, 0.4) is 0 Å². The quantitative estimate of drug-likeness (QED) is 0.931. The molecule has 1 fully saturated rings. The van der Waals surface area contributed by atoms with E-state index < -0.39 is 0 Å². The van der Waals surface area contributed by atoms with E-state index in [0.29, 0.717) is 5.75 Å². The van der Waals surface area contributed by atoms with Crippen LogP contribution in [0.25, 0.3) is 0 Å². The summed E-state index contributed by atoms with van der Waals surface area (Å²) in [6.07, 6.45) is 4.21. The number of methoxy groups -OCH3 is 1. The number of ether oxygens (including phenoxy) is 1. The highest BCUT2D eigenvalue weighted by Gasteiger charge is 2.27. The number of anilines is 2. The van der Waals surface area contributed by atoms with E-state index in [1.807, 2.05) is 13.0 Å². The van der Waals surface area contributed by atoms with Crippen molar-refractivity contribution in [2.45, 2.75) is 38.6 Å². The molecule has 0 amide bonds. The first-order valence-electron chi connectivity index (χ1n) is 8.29. The number of hydrogen-bond donors (Lipinski definition) is 1. The van der Waals surface area contributed by atoms with Crippen molar-refractivity contribution in [2.24, 2.45) is 0 Å². The molecule has 0 saturated carbocycles. The summed E-state index contributed by atoms with van der Waals surface area (Å²) >= 11 is 0. The Kier molecular flexibility index (Phi) is 4.83. The third-order valence-corrected chi connectivity index (χ3v) is 4.46. The van der Waals surface area contributed by atoms with Gasteiger partial charge in [0.2, 0.25) is 5.95 Å². The SMILES string of the molecule is COc1ccc(F)cc1[C@@H]1CCCCCN1c1cc(C)nc(N)n1. The highest BCUT2D eigenvalue weighted by atomic mass is 19.1. The number of benzene rings is 1. The molecule has 3 rings (SSSR count). The number of rotatable bonds is 3. The highest BCUT2D eigenvalue weighted by molar-refractivity contribution is 5.49. The second kappa shape index (κ2) is 7.03. The maximum atomic E-state index is 13.9. The molecule has 0 bridgehead atoms. The molecule has 128 valence electrons. The molecule has 1 aliphatic rings. The molecule has 6 heteroatoms. The summed E-state index contributed by atoms with van der Waals surface area (Å²) in [7, 11) is 1.62. The first-order valence-corrected chi connectivity index (χ1v) is 8.29.